The zero-order chi connectivity index (χ0) is 14.7. The second kappa shape index (κ2) is 6.42. The molecule has 1 saturated heterocycles. The maximum absolute atomic E-state index is 2.57. The smallest absolute Gasteiger partial charge is 0.0519 e. The number of hydrogen-bond acceptors (Lipinski definition) is 2. The molecule has 0 bridgehead atoms. The summed E-state index contributed by atoms with van der Waals surface area (Å²) in [5.41, 5.74) is 2.80. The third kappa shape index (κ3) is 3.34. The van der Waals surface area contributed by atoms with Gasteiger partial charge in [0.15, 0.2) is 0 Å². The van der Waals surface area contributed by atoms with Crippen molar-refractivity contribution >= 4 is 0 Å². The van der Waals surface area contributed by atoms with Crippen molar-refractivity contribution in [1.82, 2.24) is 9.80 Å². The zero-order valence-corrected chi connectivity index (χ0v) is 12.9. The van der Waals surface area contributed by atoms with Gasteiger partial charge in [-0.2, -0.15) is 0 Å². The summed E-state index contributed by atoms with van der Waals surface area (Å²) < 4.78 is 0. The minimum absolute atomic E-state index is 0.592. The second-order valence-corrected chi connectivity index (χ2v) is 6.09. The van der Waals surface area contributed by atoms with E-state index < -0.39 is 0 Å². The van der Waals surface area contributed by atoms with Gasteiger partial charge in [-0.25, -0.2) is 0 Å². The van der Waals surface area contributed by atoms with Crippen molar-refractivity contribution in [3.05, 3.63) is 71.8 Å². The molecule has 0 N–H and O–H groups in total. The summed E-state index contributed by atoms with van der Waals surface area (Å²) in [6.07, 6.45) is 0. The van der Waals surface area contributed by atoms with Gasteiger partial charge in [-0.3, -0.25) is 9.80 Å². The molecule has 0 aliphatic carbocycles. The Bertz CT molecular complexity index is 501. The standard InChI is InChI=1S/C19H24N2/c1-16-17(2)21(14-19-11-7-4-8-12-19)15-20(16)13-18-9-5-3-6-10-18/h3-12,16-17H,13-15H2,1-2H3. The van der Waals surface area contributed by atoms with Crippen LogP contribution < -0.4 is 0 Å². The molecule has 0 saturated carbocycles. The minimum Gasteiger partial charge on any atom is -0.282 e. The average molecular weight is 280 g/mol. The summed E-state index contributed by atoms with van der Waals surface area (Å²) in [5, 5.41) is 0. The Balaban J connectivity index is 1.66. The highest BCUT2D eigenvalue weighted by molar-refractivity contribution is 5.16. The lowest BCUT2D eigenvalue weighted by molar-refractivity contribution is 0.210. The highest BCUT2D eigenvalue weighted by Gasteiger charge is 2.33. The average Bonchev–Trinajstić information content (AvgIpc) is 2.78. The maximum Gasteiger partial charge on any atom is 0.0519 e. The van der Waals surface area contributed by atoms with Gasteiger partial charge in [-0.15, -0.1) is 0 Å². The van der Waals surface area contributed by atoms with Crippen LogP contribution in [0.4, 0.5) is 0 Å². The molecule has 1 heterocycles. The van der Waals surface area contributed by atoms with Crippen LogP contribution in [0.1, 0.15) is 25.0 Å². The quantitative estimate of drug-likeness (QED) is 0.842. The first-order valence-electron chi connectivity index (χ1n) is 7.80. The monoisotopic (exact) mass is 280 g/mol. The van der Waals surface area contributed by atoms with E-state index >= 15 is 0 Å². The Morgan fingerprint density at radius 1 is 0.714 bits per heavy atom. The molecule has 0 aromatic heterocycles. The lowest BCUT2D eigenvalue weighted by Crippen LogP contribution is -2.32. The fourth-order valence-corrected chi connectivity index (χ4v) is 3.12. The molecule has 0 amide bonds. The van der Waals surface area contributed by atoms with Crippen LogP contribution in [0.2, 0.25) is 0 Å². The minimum atomic E-state index is 0.592. The number of rotatable bonds is 4. The molecule has 21 heavy (non-hydrogen) atoms. The van der Waals surface area contributed by atoms with Gasteiger partial charge in [-0.1, -0.05) is 60.7 Å². The molecule has 2 aromatic rings. The molecule has 0 spiro atoms. The molecule has 110 valence electrons. The van der Waals surface area contributed by atoms with Crippen molar-refractivity contribution in [2.24, 2.45) is 0 Å². The van der Waals surface area contributed by atoms with Crippen molar-refractivity contribution in [1.29, 1.82) is 0 Å². The van der Waals surface area contributed by atoms with Crippen LogP contribution in [0.3, 0.4) is 0 Å². The zero-order valence-electron chi connectivity index (χ0n) is 12.9. The molecule has 2 unspecified atom stereocenters. The molecule has 2 atom stereocenters. The topological polar surface area (TPSA) is 6.48 Å². The molecule has 1 fully saturated rings. The fraction of sp³-hybridized carbons (Fsp3) is 0.368. The predicted molar refractivity (Wildman–Crippen MR) is 87.8 cm³/mol. The summed E-state index contributed by atoms with van der Waals surface area (Å²) >= 11 is 0. The Labute approximate surface area is 128 Å². The third-order valence-electron chi connectivity index (χ3n) is 4.67. The Morgan fingerprint density at radius 2 is 1.10 bits per heavy atom. The summed E-state index contributed by atoms with van der Waals surface area (Å²) in [6.45, 7) is 7.82. The maximum atomic E-state index is 2.57. The summed E-state index contributed by atoms with van der Waals surface area (Å²) in [7, 11) is 0. The van der Waals surface area contributed by atoms with E-state index in [9.17, 15) is 0 Å². The lowest BCUT2D eigenvalue weighted by Gasteiger charge is -2.22. The van der Waals surface area contributed by atoms with E-state index in [1.165, 1.54) is 11.1 Å². The number of benzene rings is 2. The molecule has 0 radical (unpaired) electrons. The van der Waals surface area contributed by atoms with Gasteiger partial charge in [0.2, 0.25) is 0 Å². The molecule has 2 aromatic carbocycles. The molecule has 2 nitrogen and oxygen atoms in total. The van der Waals surface area contributed by atoms with Crippen molar-refractivity contribution in [3.8, 4) is 0 Å². The van der Waals surface area contributed by atoms with Crippen LogP contribution in [0.5, 0.6) is 0 Å². The first-order chi connectivity index (χ1) is 10.2. The van der Waals surface area contributed by atoms with E-state index in [4.69, 9.17) is 0 Å². The Morgan fingerprint density at radius 3 is 1.48 bits per heavy atom. The SMILES string of the molecule is CC1C(C)N(Cc2ccccc2)CN1Cc1ccccc1. The van der Waals surface area contributed by atoms with Crippen molar-refractivity contribution in [2.75, 3.05) is 6.67 Å². The van der Waals surface area contributed by atoms with E-state index in [0.717, 1.165) is 19.8 Å². The van der Waals surface area contributed by atoms with E-state index in [-0.39, 0.29) is 0 Å². The summed E-state index contributed by atoms with van der Waals surface area (Å²) in [6, 6.07) is 22.7. The molecule has 3 rings (SSSR count). The van der Waals surface area contributed by atoms with Crippen LogP contribution in [0.25, 0.3) is 0 Å². The first-order valence-corrected chi connectivity index (χ1v) is 7.80. The first kappa shape index (κ1) is 14.3. The molecular weight excluding hydrogens is 256 g/mol. The van der Waals surface area contributed by atoms with Gasteiger partial charge in [0.05, 0.1) is 6.67 Å². The van der Waals surface area contributed by atoms with E-state index in [0.29, 0.717) is 12.1 Å². The number of nitrogens with zero attached hydrogens (tertiary/aromatic N) is 2. The Kier molecular flexibility index (Phi) is 4.37. The van der Waals surface area contributed by atoms with Gasteiger partial charge in [-0.05, 0) is 25.0 Å². The van der Waals surface area contributed by atoms with Gasteiger partial charge in [0, 0.05) is 25.2 Å². The number of hydrogen-bond donors (Lipinski definition) is 0. The predicted octanol–water partition coefficient (Wildman–Crippen LogP) is 3.74. The van der Waals surface area contributed by atoms with E-state index in [2.05, 4.69) is 84.3 Å². The molecule has 1 aliphatic rings. The molecule has 2 heteroatoms. The normalized spacial score (nSPS) is 23.5. The van der Waals surface area contributed by atoms with Gasteiger partial charge in [0.1, 0.15) is 0 Å². The summed E-state index contributed by atoms with van der Waals surface area (Å²) in [5.74, 6) is 0. The van der Waals surface area contributed by atoms with E-state index in [1.807, 2.05) is 0 Å². The molecule has 1 aliphatic heterocycles. The molecular formula is C19H24N2. The third-order valence-corrected chi connectivity index (χ3v) is 4.67. The largest absolute Gasteiger partial charge is 0.282 e. The second-order valence-electron chi connectivity index (χ2n) is 6.09. The fourth-order valence-electron chi connectivity index (χ4n) is 3.12. The summed E-state index contributed by atoms with van der Waals surface area (Å²) in [4.78, 5) is 5.14. The van der Waals surface area contributed by atoms with Crippen molar-refractivity contribution < 1.29 is 0 Å². The van der Waals surface area contributed by atoms with E-state index in [1.54, 1.807) is 0 Å². The highest BCUT2D eigenvalue weighted by atomic mass is 15.4. The van der Waals surface area contributed by atoms with Crippen LogP contribution in [0, 0.1) is 0 Å². The van der Waals surface area contributed by atoms with Crippen LogP contribution in [0.15, 0.2) is 60.7 Å². The van der Waals surface area contributed by atoms with Crippen molar-refractivity contribution in [2.45, 2.75) is 39.0 Å². The van der Waals surface area contributed by atoms with Gasteiger partial charge >= 0.3 is 0 Å². The Hall–Kier alpha value is -1.64. The van der Waals surface area contributed by atoms with Crippen LogP contribution in [-0.2, 0) is 13.1 Å². The van der Waals surface area contributed by atoms with Crippen molar-refractivity contribution in [3.63, 3.8) is 0 Å². The van der Waals surface area contributed by atoms with Crippen LogP contribution >= 0.6 is 0 Å². The highest BCUT2D eigenvalue weighted by Crippen LogP contribution is 2.24. The lowest BCUT2D eigenvalue weighted by atomic mass is 10.1. The van der Waals surface area contributed by atoms with Gasteiger partial charge in [0.25, 0.3) is 0 Å². The van der Waals surface area contributed by atoms with Gasteiger partial charge < -0.3 is 0 Å². The van der Waals surface area contributed by atoms with Crippen LogP contribution in [-0.4, -0.2) is 28.6 Å².